The smallest absolute Gasteiger partial charge is 0.154 e. The Morgan fingerprint density at radius 3 is 2.81 bits per heavy atom. The Morgan fingerprint density at radius 1 is 1.12 bits per heavy atom. The molecule has 2 aromatic rings. The average Bonchev–Trinajstić information content (AvgIpc) is 2.28. The Hall–Kier alpha value is -1.22. The third-order valence-electron chi connectivity index (χ3n) is 2.66. The van der Waals surface area contributed by atoms with Crippen LogP contribution in [0.4, 0.5) is 0 Å². The highest BCUT2D eigenvalue weighted by Crippen LogP contribution is 2.38. The van der Waals surface area contributed by atoms with Crippen molar-refractivity contribution in [1.82, 2.24) is 0 Å². The Balaban J connectivity index is 2.31. The first-order valence-electron chi connectivity index (χ1n) is 5.03. The van der Waals surface area contributed by atoms with Gasteiger partial charge in [0.05, 0.1) is 0 Å². The van der Waals surface area contributed by atoms with E-state index < -0.39 is 4.41 Å². The summed E-state index contributed by atoms with van der Waals surface area (Å²) in [6.07, 6.45) is 3.77. The Kier molecular flexibility index (Phi) is 2.11. The highest BCUT2D eigenvalue weighted by Gasteiger charge is 2.24. The van der Waals surface area contributed by atoms with E-state index in [4.69, 9.17) is 12.6 Å². The fraction of sp³-hybridized carbons (Fsp3) is 0.0769. The molecular formula is C13H8BBrO. The lowest BCUT2D eigenvalue weighted by atomic mass is 9.94. The van der Waals surface area contributed by atoms with Crippen LogP contribution in [0, 0.1) is 0 Å². The molecule has 16 heavy (non-hydrogen) atoms. The topological polar surface area (TPSA) is 9.23 Å². The number of halogens is 1. The molecule has 2 aromatic carbocycles. The molecular weight excluding hydrogens is 263 g/mol. The minimum atomic E-state index is -0.899. The monoisotopic (exact) mass is 270 g/mol. The van der Waals surface area contributed by atoms with Gasteiger partial charge in [-0.05, 0) is 27.4 Å². The first-order chi connectivity index (χ1) is 7.66. The van der Waals surface area contributed by atoms with Crippen LogP contribution < -0.4 is 4.74 Å². The van der Waals surface area contributed by atoms with E-state index in [0.717, 1.165) is 22.1 Å². The Labute approximate surface area is 104 Å². The summed E-state index contributed by atoms with van der Waals surface area (Å²) in [5, 5.41) is 2.23. The summed E-state index contributed by atoms with van der Waals surface area (Å²) < 4.78 is 4.84. The molecule has 1 aliphatic heterocycles. The van der Waals surface area contributed by atoms with Gasteiger partial charge in [0, 0.05) is 10.9 Å². The van der Waals surface area contributed by atoms with E-state index in [-0.39, 0.29) is 0 Å². The van der Waals surface area contributed by atoms with Crippen molar-refractivity contribution in [3.05, 3.63) is 48.0 Å². The van der Waals surface area contributed by atoms with Gasteiger partial charge in [-0.1, -0.05) is 42.5 Å². The quantitative estimate of drug-likeness (QED) is 0.526. The first-order valence-corrected chi connectivity index (χ1v) is 5.83. The van der Waals surface area contributed by atoms with Gasteiger partial charge in [-0.3, -0.25) is 0 Å². The molecule has 1 heterocycles. The molecule has 0 N–H and O–H groups in total. The molecule has 0 amide bonds. The molecule has 1 aliphatic rings. The van der Waals surface area contributed by atoms with Gasteiger partial charge < -0.3 is 4.74 Å². The SMILES string of the molecule is [B]C1(Br)C=Cc2ccc3ccccc3c2O1. The van der Waals surface area contributed by atoms with Crippen LogP contribution in [-0.2, 0) is 0 Å². The van der Waals surface area contributed by atoms with Gasteiger partial charge >= 0.3 is 0 Å². The van der Waals surface area contributed by atoms with Crippen LogP contribution in [0.25, 0.3) is 16.8 Å². The van der Waals surface area contributed by atoms with E-state index >= 15 is 0 Å². The standard InChI is InChI=1S/C13H8BBrO/c14-13(15)8-7-10-6-5-9-3-1-2-4-11(9)12(10)16-13/h1-8H. The van der Waals surface area contributed by atoms with Crippen molar-refractivity contribution in [1.29, 1.82) is 0 Å². The lowest BCUT2D eigenvalue weighted by molar-refractivity contribution is 0.302. The second-order valence-corrected chi connectivity index (χ2v) is 5.08. The maximum atomic E-state index is 5.89. The molecule has 0 spiro atoms. The molecule has 1 nitrogen and oxygen atoms in total. The lowest BCUT2D eigenvalue weighted by Crippen LogP contribution is -2.28. The number of hydrogen-bond acceptors (Lipinski definition) is 1. The van der Waals surface area contributed by atoms with Gasteiger partial charge in [-0.15, -0.1) is 0 Å². The zero-order chi connectivity index (χ0) is 11.2. The molecule has 1 unspecified atom stereocenters. The van der Waals surface area contributed by atoms with Crippen molar-refractivity contribution in [3.63, 3.8) is 0 Å². The van der Waals surface area contributed by atoms with E-state index in [9.17, 15) is 0 Å². The number of benzene rings is 2. The molecule has 3 rings (SSSR count). The molecule has 1 atom stereocenters. The molecule has 0 aromatic heterocycles. The van der Waals surface area contributed by atoms with E-state index in [2.05, 4.69) is 28.1 Å². The molecule has 2 radical (unpaired) electrons. The van der Waals surface area contributed by atoms with Gasteiger partial charge in [-0.25, -0.2) is 0 Å². The zero-order valence-electron chi connectivity index (χ0n) is 8.48. The summed E-state index contributed by atoms with van der Waals surface area (Å²) in [5.41, 5.74) is 1.05. The predicted octanol–water partition coefficient (Wildman–Crippen LogP) is 3.46. The molecule has 0 aliphatic carbocycles. The van der Waals surface area contributed by atoms with Crippen molar-refractivity contribution in [2.45, 2.75) is 4.41 Å². The minimum absolute atomic E-state index is 0.833. The number of ether oxygens (including phenoxy) is 1. The Morgan fingerprint density at radius 2 is 1.94 bits per heavy atom. The fourth-order valence-corrected chi connectivity index (χ4v) is 2.19. The average molecular weight is 271 g/mol. The number of hydrogen-bond donors (Lipinski definition) is 0. The molecule has 3 heteroatoms. The molecule has 0 fully saturated rings. The highest BCUT2D eigenvalue weighted by atomic mass is 79.9. The first kappa shape index (κ1) is 9.97. The van der Waals surface area contributed by atoms with E-state index in [1.807, 2.05) is 30.3 Å². The molecule has 0 saturated carbocycles. The van der Waals surface area contributed by atoms with Crippen LogP contribution in [0.3, 0.4) is 0 Å². The van der Waals surface area contributed by atoms with Crippen molar-refractivity contribution >= 4 is 40.6 Å². The van der Waals surface area contributed by atoms with Crippen molar-refractivity contribution in [3.8, 4) is 5.75 Å². The van der Waals surface area contributed by atoms with Crippen molar-refractivity contribution in [2.24, 2.45) is 0 Å². The van der Waals surface area contributed by atoms with Gasteiger partial charge in [-0.2, -0.15) is 0 Å². The third-order valence-corrected chi connectivity index (χ3v) is 3.08. The summed E-state index contributed by atoms with van der Waals surface area (Å²) in [7, 11) is 5.89. The summed E-state index contributed by atoms with van der Waals surface area (Å²) in [4.78, 5) is 0. The van der Waals surface area contributed by atoms with Gasteiger partial charge in [0.2, 0.25) is 0 Å². The number of rotatable bonds is 0. The number of alkyl halides is 1. The maximum absolute atomic E-state index is 5.89. The third kappa shape index (κ3) is 1.56. The maximum Gasteiger partial charge on any atom is 0.154 e. The number of fused-ring (bicyclic) bond motifs is 3. The predicted molar refractivity (Wildman–Crippen MR) is 71.0 cm³/mol. The van der Waals surface area contributed by atoms with Crippen LogP contribution in [0.1, 0.15) is 5.56 Å². The van der Waals surface area contributed by atoms with Crippen LogP contribution in [0.5, 0.6) is 5.75 Å². The van der Waals surface area contributed by atoms with Gasteiger partial charge in [0.1, 0.15) is 10.2 Å². The zero-order valence-corrected chi connectivity index (χ0v) is 10.1. The van der Waals surface area contributed by atoms with Gasteiger partial charge in [0.15, 0.2) is 7.85 Å². The normalized spacial score (nSPS) is 22.8. The molecule has 0 bridgehead atoms. The van der Waals surface area contributed by atoms with Crippen molar-refractivity contribution < 1.29 is 4.74 Å². The van der Waals surface area contributed by atoms with Crippen LogP contribution in [0.2, 0.25) is 0 Å². The van der Waals surface area contributed by atoms with Crippen molar-refractivity contribution in [2.75, 3.05) is 0 Å². The second kappa shape index (κ2) is 3.39. The minimum Gasteiger partial charge on any atom is -0.481 e. The largest absolute Gasteiger partial charge is 0.481 e. The summed E-state index contributed by atoms with van der Waals surface area (Å²) >= 11 is 3.32. The van der Waals surface area contributed by atoms with E-state index in [1.165, 1.54) is 0 Å². The lowest BCUT2D eigenvalue weighted by Gasteiger charge is -2.27. The summed E-state index contributed by atoms with van der Waals surface area (Å²) in [6, 6.07) is 12.2. The van der Waals surface area contributed by atoms with Crippen LogP contribution >= 0.6 is 15.9 Å². The highest BCUT2D eigenvalue weighted by molar-refractivity contribution is 9.10. The molecule has 76 valence electrons. The van der Waals surface area contributed by atoms with Crippen LogP contribution in [-0.4, -0.2) is 12.3 Å². The van der Waals surface area contributed by atoms with E-state index in [1.54, 1.807) is 6.08 Å². The Bertz CT molecular complexity index is 590. The van der Waals surface area contributed by atoms with E-state index in [0.29, 0.717) is 0 Å². The fourth-order valence-electron chi connectivity index (χ4n) is 1.90. The van der Waals surface area contributed by atoms with Gasteiger partial charge in [0.25, 0.3) is 0 Å². The summed E-state index contributed by atoms with van der Waals surface area (Å²) in [6.45, 7) is 0. The second-order valence-electron chi connectivity index (χ2n) is 3.84. The molecule has 0 saturated heterocycles. The van der Waals surface area contributed by atoms with Crippen LogP contribution in [0.15, 0.2) is 42.5 Å². The summed E-state index contributed by atoms with van der Waals surface area (Å²) in [5.74, 6) is 0.833.